The molecule has 2 aromatic heterocycles. The second-order valence-corrected chi connectivity index (χ2v) is 7.35. The Hall–Kier alpha value is -3.34. The highest BCUT2D eigenvalue weighted by atomic mass is 32.2. The van der Waals surface area contributed by atoms with E-state index in [1.807, 2.05) is 0 Å². The van der Waals surface area contributed by atoms with E-state index in [0.717, 1.165) is 16.3 Å². The number of para-hydroxylation sites is 2. The van der Waals surface area contributed by atoms with Crippen LogP contribution in [0.2, 0.25) is 0 Å². The third kappa shape index (κ3) is 3.68. The van der Waals surface area contributed by atoms with Crippen LogP contribution in [0, 0.1) is 10.1 Å². The molecule has 11 heteroatoms. The standard InChI is InChI=1S/C18H13F2N5O3S/c1-10(29-18-21-13-4-2-3-5-14(13)24(18)17(19)20)15-22-23-16(28-15)11-6-8-12(9-7-11)25(26)27/h2-10,17H,1H3. The maximum atomic E-state index is 13.6. The number of benzene rings is 2. The molecule has 1 unspecified atom stereocenters. The summed E-state index contributed by atoms with van der Waals surface area (Å²) < 4.78 is 33.6. The summed E-state index contributed by atoms with van der Waals surface area (Å²) in [6.45, 7) is -0.997. The molecule has 0 aliphatic heterocycles. The first kappa shape index (κ1) is 19.0. The van der Waals surface area contributed by atoms with Crippen LogP contribution in [0.15, 0.2) is 58.1 Å². The number of hydrogen-bond donors (Lipinski definition) is 0. The molecule has 0 spiro atoms. The Morgan fingerprint density at radius 2 is 1.86 bits per heavy atom. The third-order valence-electron chi connectivity index (χ3n) is 4.15. The first-order valence-electron chi connectivity index (χ1n) is 8.44. The van der Waals surface area contributed by atoms with Crippen LogP contribution >= 0.6 is 11.8 Å². The average Bonchev–Trinajstić information content (AvgIpc) is 3.32. The lowest BCUT2D eigenvalue weighted by Crippen LogP contribution is -2.01. The Bertz CT molecular complexity index is 1180. The lowest BCUT2D eigenvalue weighted by Gasteiger charge is -2.09. The second-order valence-electron chi connectivity index (χ2n) is 6.04. The Labute approximate surface area is 166 Å². The van der Waals surface area contributed by atoms with Crippen molar-refractivity contribution < 1.29 is 18.1 Å². The number of aromatic nitrogens is 4. The van der Waals surface area contributed by atoms with Gasteiger partial charge in [0.05, 0.1) is 21.2 Å². The van der Waals surface area contributed by atoms with E-state index in [9.17, 15) is 18.9 Å². The molecule has 0 saturated carbocycles. The predicted molar refractivity (Wildman–Crippen MR) is 102 cm³/mol. The van der Waals surface area contributed by atoms with Gasteiger partial charge < -0.3 is 4.42 Å². The van der Waals surface area contributed by atoms with E-state index in [-0.39, 0.29) is 22.6 Å². The minimum Gasteiger partial charge on any atom is -0.419 e. The highest BCUT2D eigenvalue weighted by Gasteiger charge is 2.23. The van der Waals surface area contributed by atoms with E-state index in [1.165, 1.54) is 24.3 Å². The van der Waals surface area contributed by atoms with Gasteiger partial charge in [0.15, 0.2) is 5.16 Å². The zero-order valence-electron chi connectivity index (χ0n) is 14.9. The van der Waals surface area contributed by atoms with E-state index in [2.05, 4.69) is 15.2 Å². The summed E-state index contributed by atoms with van der Waals surface area (Å²) in [5.41, 5.74) is 1.28. The van der Waals surface area contributed by atoms with Crippen LogP contribution in [-0.4, -0.2) is 24.7 Å². The molecule has 148 valence electrons. The minimum atomic E-state index is -2.74. The molecule has 0 aliphatic carbocycles. The maximum absolute atomic E-state index is 13.6. The van der Waals surface area contributed by atoms with Gasteiger partial charge in [-0.15, -0.1) is 10.2 Å². The zero-order chi connectivity index (χ0) is 20.5. The van der Waals surface area contributed by atoms with Crippen molar-refractivity contribution >= 4 is 28.5 Å². The fourth-order valence-corrected chi connectivity index (χ4v) is 3.70. The number of thioether (sulfide) groups is 1. The van der Waals surface area contributed by atoms with Crippen molar-refractivity contribution in [1.29, 1.82) is 0 Å². The van der Waals surface area contributed by atoms with Crippen molar-refractivity contribution in [2.75, 3.05) is 0 Å². The van der Waals surface area contributed by atoms with Crippen molar-refractivity contribution in [1.82, 2.24) is 19.7 Å². The molecule has 0 saturated heterocycles. The Balaban J connectivity index is 1.58. The number of nitrogens with zero attached hydrogens (tertiary/aromatic N) is 5. The van der Waals surface area contributed by atoms with Gasteiger partial charge in [0.2, 0.25) is 11.8 Å². The van der Waals surface area contributed by atoms with Crippen LogP contribution in [-0.2, 0) is 0 Å². The van der Waals surface area contributed by atoms with Gasteiger partial charge in [-0.3, -0.25) is 14.7 Å². The first-order chi connectivity index (χ1) is 13.9. The predicted octanol–water partition coefficient (Wildman–Crippen LogP) is 5.24. The third-order valence-corrected chi connectivity index (χ3v) is 5.21. The summed E-state index contributed by atoms with van der Waals surface area (Å²) in [4.78, 5) is 14.5. The molecule has 29 heavy (non-hydrogen) atoms. The SMILES string of the molecule is CC(Sc1nc2ccccc2n1C(F)F)c1nnc(-c2ccc([N+](=O)[O-])cc2)o1. The van der Waals surface area contributed by atoms with Gasteiger partial charge in [-0.1, -0.05) is 23.9 Å². The molecule has 2 aromatic carbocycles. The van der Waals surface area contributed by atoms with Crippen molar-refractivity contribution in [3.63, 3.8) is 0 Å². The molecular formula is C18H13F2N5O3S. The van der Waals surface area contributed by atoms with Crippen LogP contribution in [0.5, 0.6) is 0 Å². The molecule has 0 radical (unpaired) electrons. The molecule has 0 bridgehead atoms. The maximum Gasteiger partial charge on any atom is 0.321 e. The first-order valence-corrected chi connectivity index (χ1v) is 9.32. The minimum absolute atomic E-state index is 0.0525. The lowest BCUT2D eigenvalue weighted by molar-refractivity contribution is -0.384. The molecule has 4 rings (SSSR count). The van der Waals surface area contributed by atoms with Gasteiger partial charge >= 0.3 is 6.55 Å². The van der Waals surface area contributed by atoms with Crippen molar-refractivity contribution in [2.45, 2.75) is 23.9 Å². The Morgan fingerprint density at radius 1 is 1.14 bits per heavy atom. The van der Waals surface area contributed by atoms with Crippen molar-refractivity contribution in [2.24, 2.45) is 0 Å². The van der Waals surface area contributed by atoms with E-state index >= 15 is 0 Å². The summed E-state index contributed by atoms with van der Waals surface area (Å²) in [5, 5.41) is 18.4. The summed E-state index contributed by atoms with van der Waals surface area (Å²) in [6, 6.07) is 12.3. The largest absolute Gasteiger partial charge is 0.419 e. The highest BCUT2D eigenvalue weighted by Crippen LogP contribution is 2.38. The summed E-state index contributed by atoms with van der Waals surface area (Å²) >= 11 is 1.08. The van der Waals surface area contributed by atoms with E-state index in [4.69, 9.17) is 4.42 Å². The number of halogens is 2. The molecular weight excluding hydrogens is 404 g/mol. The van der Waals surface area contributed by atoms with Crippen LogP contribution in [0.25, 0.3) is 22.5 Å². The van der Waals surface area contributed by atoms with Gasteiger partial charge in [0.25, 0.3) is 5.69 Å². The molecule has 4 aromatic rings. The van der Waals surface area contributed by atoms with E-state index < -0.39 is 16.7 Å². The van der Waals surface area contributed by atoms with Gasteiger partial charge in [0.1, 0.15) is 0 Å². The molecule has 0 amide bonds. The average molecular weight is 417 g/mol. The quantitative estimate of drug-likeness (QED) is 0.240. The van der Waals surface area contributed by atoms with Crippen molar-refractivity contribution in [3.05, 3.63) is 64.5 Å². The Kier molecular flexibility index (Phi) is 4.97. The zero-order valence-corrected chi connectivity index (χ0v) is 15.7. The number of nitro groups is 1. The van der Waals surface area contributed by atoms with E-state index in [0.29, 0.717) is 16.6 Å². The summed E-state index contributed by atoms with van der Waals surface area (Å²) in [6.07, 6.45) is 0. The van der Waals surface area contributed by atoms with E-state index in [1.54, 1.807) is 31.2 Å². The number of alkyl halides is 2. The molecule has 1 atom stereocenters. The summed E-state index contributed by atoms with van der Waals surface area (Å²) in [7, 11) is 0. The number of hydrogen-bond acceptors (Lipinski definition) is 7. The fourth-order valence-electron chi connectivity index (χ4n) is 2.74. The van der Waals surface area contributed by atoms with Crippen LogP contribution in [0.1, 0.15) is 24.6 Å². The monoisotopic (exact) mass is 417 g/mol. The number of non-ortho nitro benzene ring substituents is 1. The fraction of sp³-hybridized carbons (Fsp3) is 0.167. The van der Waals surface area contributed by atoms with Crippen LogP contribution < -0.4 is 0 Å². The molecule has 2 heterocycles. The lowest BCUT2D eigenvalue weighted by atomic mass is 10.2. The molecule has 0 fully saturated rings. The molecule has 0 aliphatic rings. The highest BCUT2D eigenvalue weighted by molar-refractivity contribution is 7.99. The van der Waals surface area contributed by atoms with Crippen LogP contribution in [0.4, 0.5) is 14.5 Å². The normalized spacial score (nSPS) is 12.6. The van der Waals surface area contributed by atoms with Crippen molar-refractivity contribution in [3.8, 4) is 11.5 Å². The number of nitro benzene ring substituents is 1. The number of imidazole rings is 1. The van der Waals surface area contributed by atoms with Gasteiger partial charge in [0, 0.05) is 17.7 Å². The number of fused-ring (bicyclic) bond motifs is 1. The summed E-state index contributed by atoms with van der Waals surface area (Å²) in [5.74, 6) is 0.418. The van der Waals surface area contributed by atoms with Crippen LogP contribution in [0.3, 0.4) is 0 Å². The molecule has 8 nitrogen and oxygen atoms in total. The second kappa shape index (κ2) is 7.59. The van der Waals surface area contributed by atoms with Gasteiger partial charge in [-0.25, -0.2) is 4.98 Å². The number of rotatable bonds is 6. The van der Waals surface area contributed by atoms with Gasteiger partial charge in [-0.05, 0) is 31.2 Å². The topological polar surface area (TPSA) is 99.9 Å². The van der Waals surface area contributed by atoms with Gasteiger partial charge in [-0.2, -0.15) is 8.78 Å². The Morgan fingerprint density at radius 3 is 2.55 bits per heavy atom. The smallest absolute Gasteiger partial charge is 0.321 e. The molecule has 0 N–H and O–H groups in total.